The topological polar surface area (TPSA) is 75.7 Å². The summed E-state index contributed by atoms with van der Waals surface area (Å²) in [6, 6.07) is 23.9. The number of nitrogens with zero attached hydrogens (tertiary/aromatic N) is 1. The van der Waals surface area contributed by atoms with Gasteiger partial charge in [-0.25, -0.2) is 0 Å². The Morgan fingerprint density at radius 3 is 2.09 bits per heavy atom. The second-order valence-corrected chi connectivity index (χ2v) is 7.77. The van der Waals surface area contributed by atoms with Gasteiger partial charge >= 0.3 is 5.97 Å². The van der Waals surface area contributed by atoms with Crippen LogP contribution in [0.25, 0.3) is 0 Å². The van der Waals surface area contributed by atoms with E-state index >= 15 is 0 Å². The van der Waals surface area contributed by atoms with Crippen LogP contribution in [-0.2, 0) is 14.3 Å². The maximum atomic E-state index is 13.6. The Bertz CT molecular complexity index is 1060. The molecule has 6 nitrogen and oxygen atoms in total. The van der Waals surface area contributed by atoms with Crippen molar-refractivity contribution in [3.05, 3.63) is 101 Å². The second-order valence-electron chi connectivity index (χ2n) is 6.85. The van der Waals surface area contributed by atoms with Gasteiger partial charge in [0.25, 0.3) is 5.91 Å². The van der Waals surface area contributed by atoms with E-state index in [1.54, 1.807) is 79.7 Å². The van der Waals surface area contributed by atoms with Crippen LogP contribution >= 0.6 is 15.9 Å². The zero-order chi connectivity index (χ0) is 22.9. The molecule has 0 bridgehead atoms. The monoisotopic (exact) mass is 494 g/mol. The fourth-order valence-corrected chi connectivity index (χ4v) is 3.49. The molecule has 1 atom stereocenters. The molecule has 0 heterocycles. The number of hydrogen-bond acceptors (Lipinski definition) is 4. The van der Waals surface area contributed by atoms with Crippen molar-refractivity contribution in [2.24, 2.45) is 0 Å². The lowest BCUT2D eigenvalue weighted by molar-refractivity contribution is -0.143. The van der Waals surface area contributed by atoms with E-state index in [1.165, 1.54) is 4.90 Å². The first-order valence-corrected chi connectivity index (χ1v) is 10.9. The first-order chi connectivity index (χ1) is 15.5. The molecule has 0 saturated carbocycles. The number of halogens is 1. The highest BCUT2D eigenvalue weighted by Gasteiger charge is 2.33. The van der Waals surface area contributed by atoms with Crippen LogP contribution in [0.1, 0.15) is 28.9 Å². The fourth-order valence-electron chi connectivity index (χ4n) is 3.23. The van der Waals surface area contributed by atoms with Crippen LogP contribution in [0.15, 0.2) is 89.4 Å². The molecular formula is C25H23BrN2O4. The Hall–Kier alpha value is -3.45. The van der Waals surface area contributed by atoms with Crippen molar-refractivity contribution in [1.82, 2.24) is 5.32 Å². The molecule has 7 heteroatoms. The minimum atomic E-state index is -1.00. The molecule has 0 spiro atoms. The van der Waals surface area contributed by atoms with Gasteiger partial charge in [-0.05, 0) is 48.9 Å². The normalized spacial score (nSPS) is 11.3. The molecule has 2 amide bonds. The largest absolute Gasteiger partial charge is 0.465 e. The summed E-state index contributed by atoms with van der Waals surface area (Å²) >= 11 is 3.41. The van der Waals surface area contributed by atoms with Crippen molar-refractivity contribution < 1.29 is 19.1 Å². The van der Waals surface area contributed by atoms with E-state index in [0.717, 1.165) is 4.47 Å². The van der Waals surface area contributed by atoms with Crippen LogP contribution in [0.5, 0.6) is 0 Å². The fraction of sp³-hybridized carbons (Fsp3) is 0.160. The number of benzene rings is 3. The summed E-state index contributed by atoms with van der Waals surface area (Å²) in [5.74, 6) is -1.37. The number of amides is 2. The van der Waals surface area contributed by atoms with Crippen molar-refractivity contribution in [2.45, 2.75) is 13.0 Å². The summed E-state index contributed by atoms with van der Waals surface area (Å²) < 4.78 is 5.76. The van der Waals surface area contributed by atoms with Crippen molar-refractivity contribution in [1.29, 1.82) is 0 Å². The van der Waals surface area contributed by atoms with E-state index in [0.29, 0.717) is 16.8 Å². The predicted octanol–water partition coefficient (Wildman–Crippen LogP) is 4.52. The van der Waals surface area contributed by atoms with Gasteiger partial charge in [-0.1, -0.05) is 64.5 Å². The quantitative estimate of drug-likeness (QED) is 0.467. The highest BCUT2D eigenvalue weighted by Crippen LogP contribution is 2.30. The van der Waals surface area contributed by atoms with Crippen LogP contribution in [0.4, 0.5) is 5.69 Å². The van der Waals surface area contributed by atoms with Crippen LogP contribution in [0.3, 0.4) is 0 Å². The number of carbonyl (C=O) groups excluding carboxylic acids is 3. The number of carbonyl (C=O) groups is 3. The van der Waals surface area contributed by atoms with Crippen molar-refractivity contribution in [3.8, 4) is 0 Å². The Morgan fingerprint density at radius 1 is 0.906 bits per heavy atom. The molecule has 1 unspecified atom stereocenters. The van der Waals surface area contributed by atoms with Crippen LogP contribution in [-0.4, -0.2) is 30.9 Å². The molecule has 164 valence electrons. The Labute approximate surface area is 195 Å². The molecule has 3 aromatic rings. The lowest BCUT2D eigenvalue weighted by Gasteiger charge is -2.31. The minimum Gasteiger partial charge on any atom is -0.465 e. The first-order valence-electron chi connectivity index (χ1n) is 10.1. The Kier molecular flexibility index (Phi) is 8.16. The van der Waals surface area contributed by atoms with E-state index in [1.807, 2.05) is 12.1 Å². The molecule has 0 fully saturated rings. The van der Waals surface area contributed by atoms with Gasteiger partial charge in [-0.2, -0.15) is 0 Å². The van der Waals surface area contributed by atoms with Gasteiger partial charge < -0.3 is 10.1 Å². The van der Waals surface area contributed by atoms with Crippen LogP contribution in [0, 0.1) is 0 Å². The van der Waals surface area contributed by atoms with Gasteiger partial charge in [0, 0.05) is 15.7 Å². The number of esters is 1. The van der Waals surface area contributed by atoms with Crippen molar-refractivity contribution in [3.63, 3.8) is 0 Å². The first kappa shape index (κ1) is 23.2. The minimum absolute atomic E-state index is 0.217. The molecule has 0 aliphatic heterocycles. The molecule has 3 aromatic carbocycles. The Balaban J connectivity index is 2.06. The standard InChI is InChI=1S/C25H23BrN2O4/c1-2-32-22(29)17-27-24(30)23(18-9-5-3-6-10-18)28(21-15-13-20(26)14-16-21)25(31)19-11-7-4-8-12-19/h3-16,23H,2,17H2,1H3,(H,27,30). The number of rotatable bonds is 8. The van der Waals surface area contributed by atoms with Gasteiger partial charge in [0.15, 0.2) is 0 Å². The van der Waals surface area contributed by atoms with Crippen molar-refractivity contribution in [2.75, 3.05) is 18.1 Å². The summed E-state index contributed by atoms with van der Waals surface area (Å²) in [7, 11) is 0. The third kappa shape index (κ3) is 5.82. The predicted molar refractivity (Wildman–Crippen MR) is 126 cm³/mol. The number of ether oxygens (including phenoxy) is 1. The van der Waals surface area contributed by atoms with E-state index in [4.69, 9.17) is 4.74 Å². The summed E-state index contributed by atoms with van der Waals surface area (Å²) in [4.78, 5) is 40.2. The molecule has 3 rings (SSSR count). The second kappa shape index (κ2) is 11.2. The molecule has 1 N–H and O–H groups in total. The molecule has 0 aliphatic rings. The summed E-state index contributed by atoms with van der Waals surface area (Å²) in [6.07, 6.45) is 0. The van der Waals surface area contributed by atoms with Gasteiger partial charge in [-0.15, -0.1) is 0 Å². The van der Waals surface area contributed by atoms with Gasteiger partial charge in [0.1, 0.15) is 12.6 Å². The Morgan fingerprint density at radius 2 is 1.50 bits per heavy atom. The number of nitrogens with one attached hydrogen (secondary N) is 1. The summed E-state index contributed by atoms with van der Waals surface area (Å²) in [5.41, 5.74) is 1.60. The maximum absolute atomic E-state index is 13.6. The lowest BCUT2D eigenvalue weighted by atomic mass is 10.0. The maximum Gasteiger partial charge on any atom is 0.325 e. The summed E-state index contributed by atoms with van der Waals surface area (Å²) in [5, 5.41) is 2.62. The molecule has 0 aliphatic carbocycles. The molecule has 0 radical (unpaired) electrons. The van der Waals surface area contributed by atoms with Crippen molar-refractivity contribution >= 4 is 39.4 Å². The van der Waals surface area contributed by atoms with E-state index in [2.05, 4.69) is 21.2 Å². The average molecular weight is 495 g/mol. The summed E-state index contributed by atoms with van der Waals surface area (Å²) in [6.45, 7) is 1.62. The smallest absolute Gasteiger partial charge is 0.325 e. The van der Waals surface area contributed by atoms with Gasteiger partial charge in [-0.3, -0.25) is 19.3 Å². The highest BCUT2D eigenvalue weighted by atomic mass is 79.9. The van der Waals surface area contributed by atoms with E-state index < -0.39 is 17.9 Å². The zero-order valence-electron chi connectivity index (χ0n) is 17.5. The van der Waals surface area contributed by atoms with Crippen LogP contribution in [0.2, 0.25) is 0 Å². The molecule has 0 saturated heterocycles. The number of hydrogen-bond donors (Lipinski definition) is 1. The number of anilines is 1. The molecule has 32 heavy (non-hydrogen) atoms. The van der Waals surface area contributed by atoms with E-state index in [9.17, 15) is 14.4 Å². The SMILES string of the molecule is CCOC(=O)CNC(=O)C(c1ccccc1)N(C(=O)c1ccccc1)c1ccc(Br)cc1. The van der Waals surface area contributed by atoms with Gasteiger partial charge in [0.05, 0.1) is 6.61 Å². The lowest BCUT2D eigenvalue weighted by Crippen LogP contribution is -2.45. The molecular weight excluding hydrogens is 472 g/mol. The average Bonchev–Trinajstić information content (AvgIpc) is 2.82. The molecule has 0 aromatic heterocycles. The van der Waals surface area contributed by atoms with Crippen LogP contribution < -0.4 is 10.2 Å². The van der Waals surface area contributed by atoms with Gasteiger partial charge in [0.2, 0.25) is 5.91 Å². The highest BCUT2D eigenvalue weighted by molar-refractivity contribution is 9.10. The zero-order valence-corrected chi connectivity index (χ0v) is 19.1. The third-order valence-corrected chi connectivity index (χ3v) is 5.21. The van der Waals surface area contributed by atoms with E-state index in [-0.39, 0.29) is 19.1 Å². The third-order valence-electron chi connectivity index (χ3n) is 4.68.